The van der Waals surface area contributed by atoms with E-state index in [1.165, 1.54) is 9.21 Å². The first-order valence-electron chi connectivity index (χ1n) is 14.3. The van der Waals surface area contributed by atoms with Crippen LogP contribution in [0.5, 0.6) is 0 Å². The van der Waals surface area contributed by atoms with Crippen molar-refractivity contribution in [3.05, 3.63) is 95.1 Å². The van der Waals surface area contributed by atoms with E-state index in [4.69, 9.17) is 0 Å². The maximum absolute atomic E-state index is 14.3. The van der Waals surface area contributed by atoms with Gasteiger partial charge in [-0.25, -0.2) is 8.42 Å². The summed E-state index contributed by atoms with van der Waals surface area (Å²) in [7, 11) is -4.10. The van der Waals surface area contributed by atoms with Gasteiger partial charge in [-0.05, 0) is 67.5 Å². The number of aryl methyl sites for hydroxylation is 3. The number of sulfonamides is 1. The molecule has 220 valence electrons. The molecule has 1 unspecified atom stereocenters. The first kappa shape index (κ1) is 31.9. The van der Waals surface area contributed by atoms with Crippen LogP contribution in [-0.2, 0) is 32.6 Å². The molecule has 0 spiro atoms. The van der Waals surface area contributed by atoms with E-state index in [1.54, 1.807) is 36.4 Å². The smallest absolute Gasteiger partial charge is 0.264 e. The van der Waals surface area contributed by atoms with Crippen molar-refractivity contribution >= 4 is 27.5 Å². The molecule has 41 heavy (non-hydrogen) atoms. The second-order valence-electron chi connectivity index (χ2n) is 10.8. The maximum Gasteiger partial charge on any atom is 0.264 e. The normalized spacial score (nSPS) is 12.2. The molecule has 0 aliphatic heterocycles. The van der Waals surface area contributed by atoms with Crippen LogP contribution < -0.4 is 9.62 Å². The number of carbonyl (C=O) groups excluding carboxylic acids is 2. The molecule has 3 aromatic carbocycles. The highest BCUT2D eigenvalue weighted by atomic mass is 32.2. The van der Waals surface area contributed by atoms with Crippen LogP contribution in [0.3, 0.4) is 0 Å². The first-order chi connectivity index (χ1) is 19.5. The van der Waals surface area contributed by atoms with Gasteiger partial charge in [0.2, 0.25) is 11.8 Å². The standard InChI is InChI=1S/C33H43N3O4S/c1-7-27-14-11-12-16-31(27)36(41(39,40)29-19-17-25(5)18-20-29)23-32(37)35(22-28-15-10-9-13-26(28)6)30(8-2)33(38)34-21-24(3)4/h9-20,24,30H,7-8,21-23H2,1-6H3,(H,34,38). The molecule has 3 rings (SSSR count). The van der Waals surface area contributed by atoms with E-state index in [0.717, 1.165) is 22.3 Å². The Morgan fingerprint density at radius 2 is 1.46 bits per heavy atom. The Kier molecular flexibility index (Phi) is 11.1. The predicted octanol–water partition coefficient (Wildman–Crippen LogP) is 5.64. The van der Waals surface area contributed by atoms with Crippen molar-refractivity contribution in [3.63, 3.8) is 0 Å². The quantitative estimate of drug-likeness (QED) is 0.285. The summed E-state index contributed by atoms with van der Waals surface area (Å²) < 4.78 is 29.4. The Labute approximate surface area is 245 Å². The molecule has 0 aliphatic carbocycles. The number of nitrogens with one attached hydrogen (secondary N) is 1. The zero-order valence-corrected chi connectivity index (χ0v) is 25.9. The summed E-state index contributed by atoms with van der Waals surface area (Å²) in [6, 6.07) is 20.8. The van der Waals surface area contributed by atoms with Gasteiger partial charge in [0.1, 0.15) is 12.6 Å². The van der Waals surface area contributed by atoms with Gasteiger partial charge in [-0.2, -0.15) is 0 Å². The third-order valence-electron chi connectivity index (χ3n) is 7.20. The molecule has 8 heteroatoms. The maximum atomic E-state index is 14.3. The average Bonchev–Trinajstić information content (AvgIpc) is 2.95. The van der Waals surface area contributed by atoms with Crippen LogP contribution in [0, 0.1) is 19.8 Å². The van der Waals surface area contributed by atoms with Gasteiger partial charge in [0.05, 0.1) is 10.6 Å². The van der Waals surface area contributed by atoms with E-state index in [0.29, 0.717) is 25.1 Å². The van der Waals surface area contributed by atoms with Crippen LogP contribution >= 0.6 is 0 Å². The lowest BCUT2D eigenvalue weighted by atomic mass is 10.1. The molecule has 0 radical (unpaired) electrons. The fourth-order valence-corrected chi connectivity index (χ4v) is 6.17. The molecule has 0 saturated carbocycles. The summed E-state index contributed by atoms with van der Waals surface area (Å²) in [6.45, 7) is 11.9. The number of anilines is 1. The second-order valence-corrected chi connectivity index (χ2v) is 12.7. The van der Waals surface area contributed by atoms with Crippen LogP contribution in [0.15, 0.2) is 77.7 Å². The van der Waals surface area contributed by atoms with Crippen LogP contribution in [0.2, 0.25) is 0 Å². The first-order valence-corrected chi connectivity index (χ1v) is 15.7. The molecular formula is C33H43N3O4S. The van der Waals surface area contributed by atoms with Crippen LogP contribution in [0.4, 0.5) is 5.69 Å². The third kappa shape index (κ3) is 7.97. The number of amides is 2. The Morgan fingerprint density at radius 3 is 2.05 bits per heavy atom. The highest BCUT2D eigenvalue weighted by Gasteiger charge is 2.34. The number of carbonyl (C=O) groups is 2. The van der Waals surface area contributed by atoms with Gasteiger partial charge < -0.3 is 10.2 Å². The second kappa shape index (κ2) is 14.3. The van der Waals surface area contributed by atoms with Crippen molar-refractivity contribution in [2.75, 3.05) is 17.4 Å². The van der Waals surface area contributed by atoms with Gasteiger partial charge in [0, 0.05) is 13.1 Å². The number of rotatable bonds is 13. The highest BCUT2D eigenvalue weighted by Crippen LogP contribution is 2.28. The van der Waals surface area contributed by atoms with E-state index in [-0.39, 0.29) is 23.3 Å². The van der Waals surface area contributed by atoms with Crippen molar-refractivity contribution in [2.24, 2.45) is 5.92 Å². The molecule has 3 aromatic rings. The molecular weight excluding hydrogens is 534 g/mol. The lowest BCUT2D eigenvalue weighted by molar-refractivity contribution is -0.140. The Bertz CT molecular complexity index is 1430. The van der Waals surface area contributed by atoms with Crippen LogP contribution in [0.1, 0.15) is 56.4 Å². The number of para-hydroxylation sites is 1. The summed E-state index contributed by atoms with van der Waals surface area (Å²) in [6.07, 6.45) is 0.976. The average molecular weight is 578 g/mol. The zero-order chi connectivity index (χ0) is 30.2. The van der Waals surface area contributed by atoms with Gasteiger partial charge in [-0.15, -0.1) is 0 Å². The summed E-state index contributed by atoms with van der Waals surface area (Å²) in [5.41, 5.74) is 4.09. The molecule has 0 bridgehead atoms. The van der Waals surface area contributed by atoms with E-state index in [9.17, 15) is 18.0 Å². The van der Waals surface area contributed by atoms with E-state index >= 15 is 0 Å². The molecule has 0 heterocycles. The Morgan fingerprint density at radius 1 is 0.854 bits per heavy atom. The lowest BCUT2D eigenvalue weighted by Crippen LogP contribution is -2.52. The minimum Gasteiger partial charge on any atom is -0.354 e. The zero-order valence-electron chi connectivity index (χ0n) is 25.1. The largest absolute Gasteiger partial charge is 0.354 e. The molecule has 0 fully saturated rings. The van der Waals surface area contributed by atoms with Gasteiger partial charge >= 0.3 is 0 Å². The van der Waals surface area contributed by atoms with E-state index in [2.05, 4.69) is 5.32 Å². The molecule has 7 nitrogen and oxygen atoms in total. The summed E-state index contributed by atoms with van der Waals surface area (Å²) >= 11 is 0. The number of benzene rings is 3. The molecule has 1 N–H and O–H groups in total. The third-order valence-corrected chi connectivity index (χ3v) is 8.98. The van der Waals surface area contributed by atoms with Crippen molar-refractivity contribution < 1.29 is 18.0 Å². The highest BCUT2D eigenvalue weighted by molar-refractivity contribution is 7.92. The minimum atomic E-state index is -4.10. The molecule has 1 atom stereocenters. The molecule has 2 amide bonds. The number of nitrogens with zero attached hydrogens (tertiary/aromatic N) is 2. The van der Waals surface area contributed by atoms with Gasteiger partial charge in [0.25, 0.3) is 10.0 Å². The van der Waals surface area contributed by atoms with Crippen molar-refractivity contribution in [3.8, 4) is 0 Å². The topological polar surface area (TPSA) is 86.8 Å². The number of hydrogen-bond acceptors (Lipinski definition) is 4. The van der Waals surface area contributed by atoms with Crippen molar-refractivity contribution in [2.45, 2.75) is 71.9 Å². The molecule has 0 saturated heterocycles. The fourth-order valence-electron chi connectivity index (χ4n) is 4.72. The lowest BCUT2D eigenvalue weighted by Gasteiger charge is -2.34. The van der Waals surface area contributed by atoms with Crippen LogP contribution in [-0.4, -0.2) is 44.3 Å². The minimum absolute atomic E-state index is 0.106. The van der Waals surface area contributed by atoms with Gasteiger partial charge in [0.15, 0.2) is 0 Å². The molecule has 0 aromatic heterocycles. The van der Waals surface area contributed by atoms with Gasteiger partial charge in [-0.1, -0.05) is 87.9 Å². The number of hydrogen-bond donors (Lipinski definition) is 1. The van der Waals surface area contributed by atoms with Crippen LogP contribution in [0.25, 0.3) is 0 Å². The summed E-state index contributed by atoms with van der Waals surface area (Å²) in [5.74, 6) is -0.441. The molecule has 0 aliphatic rings. The fraction of sp³-hybridized carbons (Fsp3) is 0.394. The van der Waals surface area contributed by atoms with E-state index < -0.39 is 28.5 Å². The monoisotopic (exact) mass is 577 g/mol. The van der Waals surface area contributed by atoms with Crippen molar-refractivity contribution in [1.29, 1.82) is 0 Å². The predicted molar refractivity (Wildman–Crippen MR) is 165 cm³/mol. The Balaban J connectivity index is 2.09. The summed E-state index contributed by atoms with van der Waals surface area (Å²) in [5, 5.41) is 2.97. The SMILES string of the molecule is CCc1ccccc1N(CC(=O)N(Cc1ccccc1C)C(CC)C(=O)NCC(C)C)S(=O)(=O)c1ccc(C)cc1. The van der Waals surface area contributed by atoms with Gasteiger partial charge in [-0.3, -0.25) is 13.9 Å². The summed E-state index contributed by atoms with van der Waals surface area (Å²) in [4.78, 5) is 29.3. The van der Waals surface area contributed by atoms with Crippen molar-refractivity contribution in [1.82, 2.24) is 10.2 Å². The Hall–Kier alpha value is -3.65. The van der Waals surface area contributed by atoms with E-state index in [1.807, 2.05) is 77.9 Å².